The van der Waals surface area contributed by atoms with E-state index in [0.29, 0.717) is 37.6 Å². The minimum absolute atomic E-state index is 0.0188. The van der Waals surface area contributed by atoms with E-state index in [9.17, 15) is 9.59 Å². The van der Waals surface area contributed by atoms with Crippen LogP contribution >= 0.6 is 0 Å². The molecule has 1 saturated heterocycles. The fraction of sp³-hybridized carbons (Fsp3) is 0.429. The summed E-state index contributed by atoms with van der Waals surface area (Å²) in [6.07, 6.45) is 0. The number of carbonyl (C=O) groups is 2. The lowest BCUT2D eigenvalue weighted by Gasteiger charge is -2.26. The van der Waals surface area contributed by atoms with Gasteiger partial charge in [-0.2, -0.15) is 0 Å². The summed E-state index contributed by atoms with van der Waals surface area (Å²) in [5.41, 5.74) is 0.566. The van der Waals surface area contributed by atoms with Gasteiger partial charge in [0.05, 0.1) is 18.7 Å². The van der Waals surface area contributed by atoms with Crippen molar-refractivity contribution in [1.29, 1.82) is 0 Å². The summed E-state index contributed by atoms with van der Waals surface area (Å²) in [6.45, 7) is 3.69. The van der Waals surface area contributed by atoms with Crippen molar-refractivity contribution in [1.82, 2.24) is 4.90 Å². The number of Topliss-reactive ketones (excluding diaryl/α,β-unsaturated/α-hetero) is 1. The first-order valence-electron chi connectivity index (χ1n) is 6.27. The number of ether oxygens (including phenoxy) is 2. The van der Waals surface area contributed by atoms with Gasteiger partial charge in [-0.05, 0) is 19.1 Å². The molecule has 5 heteroatoms. The predicted octanol–water partition coefficient (Wildman–Crippen LogP) is 1.13. The molecule has 0 aromatic heterocycles. The second-order valence-electron chi connectivity index (χ2n) is 4.33. The molecule has 1 fully saturated rings. The number of morpholine rings is 1. The zero-order valence-corrected chi connectivity index (χ0v) is 10.9. The van der Waals surface area contributed by atoms with Crippen LogP contribution in [0.25, 0.3) is 0 Å². The van der Waals surface area contributed by atoms with Gasteiger partial charge in [0.15, 0.2) is 5.78 Å². The van der Waals surface area contributed by atoms with Crippen LogP contribution in [0.15, 0.2) is 24.3 Å². The largest absolute Gasteiger partial charge is 0.491 e. The SMILES string of the molecule is CC(=O)c1ccccc1OCCN1CCOCC1=O. The van der Waals surface area contributed by atoms with Crippen LogP contribution < -0.4 is 4.74 Å². The molecule has 1 aliphatic heterocycles. The molecule has 1 amide bonds. The fourth-order valence-corrected chi connectivity index (χ4v) is 1.94. The van der Waals surface area contributed by atoms with Crippen LogP contribution in [0.3, 0.4) is 0 Å². The minimum atomic E-state index is -0.0296. The van der Waals surface area contributed by atoms with Crippen LogP contribution in [0.5, 0.6) is 5.75 Å². The summed E-state index contributed by atoms with van der Waals surface area (Å²) in [5, 5.41) is 0. The van der Waals surface area contributed by atoms with E-state index in [1.807, 2.05) is 6.07 Å². The molecule has 0 spiro atoms. The molecule has 0 saturated carbocycles. The van der Waals surface area contributed by atoms with E-state index >= 15 is 0 Å². The second kappa shape index (κ2) is 6.33. The maximum Gasteiger partial charge on any atom is 0.248 e. The lowest BCUT2D eigenvalue weighted by Crippen LogP contribution is -2.43. The van der Waals surface area contributed by atoms with Crippen molar-refractivity contribution in [3.63, 3.8) is 0 Å². The van der Waals surface area contributed by atoms with Crippen molar-refractivity contribution in [2.75, 3.05) is 32.9 Å². The van der Waals surface area contributed by atoms with E-state index in [0.717, 1.165) is 0 Å². The molecule has 19 heavy (non-hydrogen) atoms. The van der Waals surface area contributed by atoms with Gasteiger partial charge in [0.1, 0.15) is 19.0 Å². The van der Waals surface area contributed by atoms with Crippen molar-refractivity contribution in [2.45, 2.75) is 6.92 Å². The molecule has 1 heterocycles. The van der Waals surface area contributed by atoms with Gasteiger partial charge in [0, 0.05) is 6.54 Å². The third-order valence-electron chi connectivity index (χ3n) is 2.97. The third kappa shape index (κ3) is 3.54. The van der Waals surface area contributed by atoms with E-state index in [1.54, 1.807) is 23.1 Å². The summed E-state index contributed by atoms with van der Waals surface area (Å²) in [6, 6.07) is 7.12. The first-order chi connectivity index (χ1) is 9.18. The number of ketones is 1. The smallest absolute Gasteiger partial charge is 0.248 e. The predicted molar refractivity (Wildman–Crippen MR) is 69.3 cm³/mol. The van der Waals surface area contributed by atoms with Crippen LogP contribution in [-0.4, -0.2) is 49.5 Å². The van der Waals surface area contributed by atoms with Gasteiger partial charge in [-0.3, -0.25) is 9.59 Å². The molecule has 0 radical (unpaired) electrons. The van der Waals surface area contributed by atoms with E-state index in [2.05, 4.69) is 0 Å². The number of benzene rings is 1. The molecule has 1 aromatic carbocycles. The zero-order valence-electron chi connectivity index (χ0n) is 10.9. The summed E-state index contributed by atoms with van der Waals surface area (Å²) < 4.78 is 10.6. The molecule has 1 aliphatic rings. The Kier molecular flexibility index (Phi) is 4.52. The monoisotopic (exact) mass is 263 g/mol. The Bertz CT molecular complexity index is 472. The fourth-order valence-electron chi connectivity index (χ4n) is 1.94. The molecule has 1 aromatic rings. The summed E-state index contributed by atoms with van der Waals surface area (Å²) in [4.78, 5) is 24.6. The number of carbonyl (C=O) groups excluding carboxylic acids is 2. The molecular formula is C14H17NO4. The number of rotatable bonds is 5. The van der Waals surface area contributed by atoms with E-state index in [4.69, 9.17) is 9.47 Å². The Morgan fingerprint density at radius 3 is 2.95 bits per heavy atom. The quantitative estimate of drug-likeness (QED) is 0.747. The van der Waals surface area contributed by atoms with Crippen molar-refractivity contribution < 1.29 is 19.1 Å². The highest BCUT2D eigenvalue weighted by Gasteiger charge is 2.18. The van der Waals surface area contributed by atoms with Crippen LogP contribution in [-0.2, 0) is 9.53 Å². The van der Waals surface area contributed by atoms with Crippen LogP contribution in [0.2, 0.25) is 0 Å². The van der Waals surface area contributed by atoms with Gasteiger partial charge < -0.3 is 14.4 Å². The van der Waals surface area contributed by atoms with Crippen LogP contribution in [0.4, 0.5) is 0 Å². The molecule has 0 bridgehead atoms. The van der Waals surface area contributed by atoms with Crippen molar-refractivity contribution in [3.8, 4) is 5.75 Å². The van der Waals surface area contributed by atoms with Gasteiger partial charge >= 0.3 is 0 Å². The van der Waals surface area contributed by atoms with Crippen LogP contribution in [0.1, 0.15) is 17.3 Å². The van der Waals surface area contributed by atoms with Gasteiger partial charge in [-0.1, -0.05) is 12.1 Å². The molecule has 0 aliphatic carbocycles. The van der Waals surface area contributed by atoms with Crippen molar-refractivity contribution >= 4 is 11.7 Å². The highest BCUT2D eigenvalue weighted by Crippen LogP contribution is 2.18. The number of hydrogen-bond donors (Lipinski definition) is 0. The Morgan fingerprint density at radius 1 is 1.42 bits per heavy atom. The van der Waals surface area contributed by atoms with E-state index < -0.39 is 0 Å². The van der Waals surface area contributed by atoms with Gasteiger partial charge in [0.25, 0.3) is 0 Å². The van der Waals surface area contributed by atoms with Crippen molar-refractivity contribution in [3.05, 3.63) is 29.8 Å². The highest BCUT2D eigenvalue weighted by molar-refractivity contribution is 5.96. The molecule has 0 N–H and O–H groups in total. The first kappa shape index (κ1) is 13.5. The zero-order chi connectivity index (χ0) is 13.7. The first-order valence-corrected chi connectivity index (χ1v) is 6.27. The Labute approximate surface area is 112 Å². The normalized spacial score (nSPS) is 15.4. The highest BCUT2D eigenvalue weighted by atomic mass is 16.5. The average Bonchev–Trinajstić information content (AvgIpc) is 2.41. The maximum absolute atomic E-state index is 11.5. The number of para-hydroxylation sites is 1. The third-order valence-corrected chi connectivity index (χ3v) is 2.97. The summed E-state index contributed by atoms with van der Waals surface area (Å²) >= 11 is 0. The van der Waals surface area contributed by atoms with Gasteiger partial charge in [0.2, 0.25) is 5.91 Å². The lowest BCUT2D eigenvalue weighted by molar-refractivity contribution is -0.143. The molecule has 2 rings (SSSR count). The molecule has 5 nitrogen and oxygen atoms in total. The Hall–Kier alpha value is -1.88. The van der Waals surface area contributed by atoms with Crippen LogP contribution in [0, 0.1) is 0 Å². The minimum Gasteiger partial charge on any atom is -0.491 e. The number of nitrogens with zero attached hydrogens (tertiary/aromatic N) is 1. The molecule has 102 valence electrons. The number of amides is 1. The Balaban J connectivity index is 1.89. The maximum atomic E-state index is 11.5. The van der Waals surface area contributed by atoms with Gasteiger partial charge in [-0.15, -0.1) is 0 Å². The lowest BCUT2D eigenvalue weighted by atomic mass is 10.1. The van der Waals surface area contributed by atoms with Crippen molar-refractivity contribution in [2.24, 2.45) is 0 Å². The average molecular weight is 263 g/mol. The molecule has 0 unspecified atom stereocenters. The number of hydrogen-bond acceptors (Lipinski definition) is 4. The summed E-state index contributed by atoms with van der Waals surface area (Å²) in [7, 11) is 0. The topological polar surface area (TPSA) is 55.8 Å². The standard InChI is InChI=1S/C14H17NO4/c1-11(16)12-4-2-3-5-13(12)19-9-7-15-6-8-18-10-14(15)17/h2-5H,6-10H2,1H3. The second-order valence-corrected chi connectivity index (χ2v) is 4.33. The molecule has 0 atom stereocenters. The molecular weight excluding hydrogens is 246 g/mol. The summed E-state index contributed by atoms with van der Waals surface area (Å²) in [5.74, 6) is 0.517. The Morgan fingerprint density at radius 2 is 2.21 bits per heavy atom. The van der Waals surface area contributed by atoms with E-state index in [-0.39, 0.29) is 18.3 Å². The van der Waals surface area contributed by atoms with Gasteiger partial charge in [-0.25, -0.2) is 0 Å². The van der Waals surface area contributed by atoms with E-state index in [1.165, 1.54) is 6.92 Å².